The van der Waals surface area contributed by atoms with E-state index in [1.54, 1.807) is 19.2 Å². The van der Waals surface area contributed by atoms with E-state index >= 15 is 0 Å². The summed E-state index contributed by atoms with van der Waals surface area (Å²) in [5.74, 6) is 1.42. The molecule has 0 amide bonds. The van der Waals surface area contributed by atoms with Crippen LogP contribution in [0.4, 0.5) is 0 Å². The summed E-state index contributed by atoms with van der Waals surface area (Å²) in [6, 6.07) is 5.18. The molecule has 2 heterocycles. The van der Waals surface area contributed by atoms with Crippen LogP contribution in [-0.2, 0) is 10.3 Å². The van der Waals surface area contributed by atoms with E-state index in [-0.39, 0.29) is 11.3 Å². The Bertz CT molecular complexity index is 532. The first-order valence-electron chi connectivity index (χ1n) is 6.20. The van der Waals surface area contributed by atoms with Gasteiger partial charge in [0.2, 0.25) is 0 Å². The maximum Gasteiger partial charge on any atom is 0.192 e. The minimum atomic E-state index is -0.356. The molecule has 2 aliphatic heterocycles. The molecule has 1 unspecified atom stereocenters. The Morgan fingerprint density at radius 1 is 1.58 bits per heavy atom. The van der Waals surface area contributed by atoms with Gasteiger partial charge in [0.25, 0.3) is 0 Å². The maximum absolute atomic E-state index is 9.52. The van der Waals surface area contributed by atoms with Gasteiger partial charge >= 0.3 is 0 Å². The van der Waals surface area contributed by atoms with Crippen molar-refractivity contribution in [2.45, 2.75) is 5.54 Å². The number of phenolic OH excluding ortho intramolecular Hbond substituents is 1. The van der Waals surface area contributed by atoms with E-state index in [9.17, 15) is 5.11 Å². The molecule has 0 saturated heterocycles. The molecule has 1 spiro atoms. The molecular weight excluding hydrogens is 246 g/mol. The molecule has 0 fully saturated rings. The molecule has 0 aliphatic carbocycles. The van der Waals surface area contributed by atoms with Crippen molar-refractivity contribution in [3.63, 3.8) is 0 Å². The van der Waals surface area contributed by atoms with Crippen LogP contribution in [0, 0.1) is 0 Å². The summed E-state index contributed by atoms with van der Waals surface area (Å²) in [6.45, 7) is 2.29. The highest BCUT2D eigenvalue weighted by Gasteiger charge is 2.49. The first kappa shape index (κ1) is 12.1. The molecular formula is C13H17N3O3. The van der Waals surface area contributed by atoms with Crippen LogP contribution in [0.15, 0.2) is 23.2 Å². The van der Waals surface area contributed by atoms with Crippen LogP contribution in [0.1, 0.15) is 5.56 Å². The molecule has 2 aliphatic rings. The quantitative estimate of drug-likeness (QED) is 0.817. The highest BCUT2D eigenvalue weighted by molar-refractivity contribution is 5.82. The number of phenols is 1. The number of ether oxygens (including phenoxy) is 2. The van der Waals surface area contributed by atoms with Gasteiger partial charge in [-0.25, -0.2) is 0 Å². The number of benzene rings is 1. The second kappa shape index (κ2) is 4.31. The van der Waals surface area contributed by atoms with Gasteiger partial charge in [-0.2, -0.15) is 0 Å². The molecule has 0 aromatic heterocycles. The van der Waals surface area contributed by atoms with Gasteiger partial charge in [0, 0.05) is 25.3 Å². The van der Waals surface area contributed by atoms with Crippen LogP contribution in [0.3, 0.4) is 0 Å². The average Bonchev–Trinajstić information content (AvgIpc) is 2.91. The minimum absolute atomic E-state index is 0.200. The van der Waals surface area contributed by atoms with Gasteiger partial charge in [0.05, 0.1) is 13.2 Å². The molecule has 0 radical (unpaired) electrons. The van der Waals surface area contributed by atoms with E-state index in [1.165, 1.54) is 0 Å². The summed E-state index contributed by atoms with van der Waals surface area (Å²) in [5.41, 5.74) is 6.64. The Balaban J connectivity index is 1.97. The zero-order chi connectivity index (χ0) is 13.5. The van der Waals surface area contributed by atoms with Crippen LogP contribution >= 0.6 is 0 Å². The van der Waals surface area contributed by atoms with Crippen molar-refractivity contribution >= 4 is 5.96 Å². The Morgan fingerprint density at radius 2 is 2.42 bits per heavy atom. The summed E-state index contributed by atoms with van der Waals surface area (Å²) < 4.78 is 10.8. The van der Waals surface area contributed by atoms with Gasteiger partial charge < -0.3 is 25.2 Å². The number of hydrogen-bond donors (Lipinski definition) is 2. The summed E-state index contributed by atoms with van der Waals surface area (Å²) in [5, 5.41) is 9.52. The predicted octanol–water partition coefficient (Wildman–Crippen LogP) is 0.257. The number of rotatable bonds is 3. The number of aliphatic imine (C=N–C) groups is 1. The highest BCUT2D eigenvalue weighted by atomic mass is 16.5. The lowest BCUT2D eigenvalue weighted by molar-refractivity contribution is 0.109. The number of guanidine groups is 1. The lowest BCUT2D eigenvalue weighted by Gasteiger charge is -2.34. The fraction of sp³-hybridized carbons (Fsp3) is 0.462. The van der Waals surface area contributed by atoms with Crippen molar-refractivity contribution in [2.75, 3.05) is 33.4 Å². The molecule has 6 nitrogen and oxygen atoms in total. The van der Waals surface area contributed by atoms with Crippen LogP contribution in [0.5, 0.6) is 11.5 Å². The molecule has 0 bridgehead atoms. The third-order valence-corrected chi connectivity index (χ3v) is 3.75. The monoisotopic (exact) mass is 263 g/mol. The summed E-state index contributed by atoms with van der Waals surface area (Å²) >= 11 is 0. The van der Waals surface area contributed by atoms with E-state index in [1.807, 2.05) is 11.0 Å². The third-order valence-electron chi connectivity index (χ3n) is 3.75. The Hall–Kier alpha value is -1.95. The fourth-order valence-corrected chi connectivity index (χ4v) is 2.76. The van der Waals surface area contributed by atoms with E-state index in [2.05, 4.69) is 4.99 Å². The number of methoxy groups -OCH3 is 1. The van der Waals surface area contributed by atoms with Gasteiger partial charge in [0.1, 0.15) is 23.6 Å². The molecule has 0 saturated carbocycles. The van der Waals surface area contributed by atoms with E-state index < -0.39 is 0 Å². The molecule has 1 aromatic rings. The Morgan fingerprint density at radius 3 is 3.21 bits per heavy atom. The molecule has 1 atom stereocenters. The van der Waals surface area contributed by atoms with Crippen molar-refractivity contribution in [2.24, 2.45) is 10.7 Å². The standard InChI is InChI=1S/C13H17N3O3/c1-18-5-4-16-12(14)15-7-13(16)8-19-11-6-9(17)2-3-10(11)13/h2-3,6,17H,4-5,7-8H2,1H3,(H2,14,15). The first-order valence-corrected chi connectivity index (χ1v) is 6.20. The average molecular weight is 263 g/mol. The lowest BCUT2D eigenvalue weighted by atomic mass is 9.91. The SMILES string of the molecule is COCCN1C(N)=NCC12COc1cc(O)ccc12. The lowest BCUT2D eigenvalue weighted by Crippen LogP contribution is -2.51. The van der Waals surface area contributed by atoms with Gasteiger partial charge in [0.15, 0.2) is 5.96 Å². The smallest absolute Gasteiger partial charge is 0.192 e. The van der Waals surface area contributed by atoms with E-state index in [0.29, 0.717) is 38.0 Å². The summed E-state index contributed by atoms with van der Waals surface area (Å²) in [4.78, 5) is 6.38. The number of nitrogens with two attached hydrogens (primary N) is 1. The Labute approximate surface area is 111 Å². The molecule has 102 valence electrons. The third kappa shape index (κ3) is 1.71. The number of hydrogen-bond acceptors (Lipinski definition) is 6. The van der Waals surface area contributed by atoms with E-state index in [0.717, 1.165) is 5.56 Å². The zero-order valence-corrected chi connectivity index (χ0v) is 10.8. The topological polar surface area (TPSA) is 80.3 Å². The molecule has 1 aromatic carbocycles. The molecule has 6 heteroatoms. The van der Waals surface area contributed by atoms with Crippen LogP contribution < -0.4 is 10.5 Å². The van der Waals surface area contributed by atoms with Gasteiger partial charge in [-0.1, -0.05) is 0 Å². The van der Waals surface area contributed by atoms with Crippen molar-refractivity contribution in [3.05, 3.63) is 23.8 Å². The maximum atomic E-state index is 9.52. The van der Waals surface area contributed by atoms with Crippen molar-refractivity contribution in [1.82, 2.24) is 4.90 Å². The van der Waals surface area contributed by atoms with Crippen molar-refractivity contribution < 1.29 is 14.6 Å². The number of fused-ring (bicyclic) bond motifs is 2. The van der Waals surface area contributed by atoms with Crippen molar-refractivity contribution in [1.29, 1.82) is 0 Å². The van der Waals surface area contributed by atoms with Gasteiger partial charge in [-0.05, 0) is 12.1 Å². The molecule has 19 heavy (non-hydrogen) atoms. The van der Waals surface area contributed by atoms with Crippen molar-refractivity contribution in [3.8, 4) is 11.5 Å². The second-order valence-corrected chi connectivity index (χ2v) is 4.82. The van der Waals surface area contributed by atoms with E-state index in [4.69, 9.17) is 15.2 Å². The number of aromatic hydroxyl groups is 1. The van der Waals surface area contributed by atoms with Gasteiger partial charge in [-0.15, -0.1) is 0 Å². The minimum Gasteiger partial charge on any atom is -0.508 e. The largest absolute Gasteiger partial charge is 0.508 e. The summed E-state index contributed by atoms with van der Waals surface area (Å²) in [6.07, 6.45) is 0. The zero-order valence-electron chi connectivity index (χ0n) is 10.8. The van der Waals surface area contributed by atoms with Crippen LogP contribution in [-0.4, -0.2) is 49.4 Å². The predicted molar refractivity (Wildman–Crippen MR) is 70.4 cm³/mol. The summed E-state index contributed by atoms with van der Waals surface area (Å²) in [7, 11) is 1.66. The first-order chi connectivity index (χ1) is 9.17. The Kier molecular flexibility index (Phi) is 2.74. The second-order valence-electron chi connectivity index (χ2n) is 4.82. The van der Waals surface area contributed by atoms with Gasteiger partial charge in [-0.3, -0.25) is 4.99 Å². The van der Waals surface area contributed by atoms with Crippen LogP contribution in [0.25, 0.3) is 0 Å². The normalized spacial score (nSPS) is 24.5. The highest BCUT2D eigenvalue weighted by Crippen LogP contribution is 2.44. The molecule has 3 N–H and O–H groups in total. The number of nitrogens with zero attached hydrogens (tertiary/aromatic N) is 2. The fourth-order valence-electron chi connectivity index (χ4n) is 2.76. The molecule has 3 rings (SSSR count). The van der Waals surface area contributed by atoms with Crippen LogP contribution in [0.2, 0.25) is 0 Å².